The first kappa shape index (κ1) is 17.7. The van der Waals surface area contributed by atoms with Crippen molar-refractivity contribution in [2.75, 3.05) is 33.4 Å². The number of ether oxygens (including phenoxy) is 1. The Bertz CT molecular complexity index is 820. The Kier molecular flexibility index (Phi) is 4.94. The number of piperidine rings is 1. The van der Waals surface area contributed by atoms with E-state index < -0.39 is 0 Å². The molecule has 1 aromatic heterocycles. The minimum absolute atomic E-state index is 0.0378. The molecule has 0 unspecified atom stereocenters. The van der Waals surface area contributed by atoms with Crippen LogP contribution < -0.4 is 0 Å². The van der Waals surface area contributed by atoms with Gasteiger partial charge in [0.1, 0.15) is 0 Å². The number of methoxy groups -OCH3 is 1. The number of aromatic nitrogens is 1. The van der Waals surface area contributed by atoms with Gasteiger partial charge in [0.15, 0.2) is 11.5 Å². The molecule has 0 radical (unpaired) electrons. The third-order valence-electron chi connectivity index (χ3n) is 5.40. The highest BCUT2D eigenvalue weighted by molar-refractivity contribution is 5.94. The highest BCUT2D eigenvalue weighted by atomic mass is 16.5. The van der Waals surface area contributed by atoms with Crippen LogP contribution in [-0.2, 0) is 9.53 Å². The average molecular weight is 369 g/mol. The number of rotatable bonds is 5. The molecule has 2 atom stereocenters. The van der Waals surface area contributed by atoms with Crippen molar-refractivity contribution in [2.24, 2.45) is 5.92 Å². The van der Waals surface area contributed by atoms with Gasteiger partial charge in [-0.15, -0.1) is 0 Å². The van der Waals surface area contributed by atoms with E-state index in [0.29, 0.717) is 32.0 Å². The van der Waals surface area contributed by atoms with Crippen molar-refractivity contribution in [3.8, 4) is 11.3 Å². The number of amides is 2. The zero-order valence-corrected chi connectivity index (χ0v) is 15.3. The lowest BCUT2D eigenvalue weighted by Crippen LogP contribution is -2.49. The van der Waals surface area contributed by atoms with Crippen molar-refractivity contribution >= 4 is 11.8 Å². The topological polar surface area (TPSA) is 75.9 Å². The summed E-state index contributed by atoms with van der Waals surface area (Å²) in [5.74, 6) is 0.363. The van der Waals surface area contributed by atoms with Gasteiger partial charge in [-0.3, -0.25) is 9.59 Å². The molecule has 27 heavy (non-hydrogen) atoms. The Morgan fingerprint density at radius 2 is 2.07 bits per heavy atom. The van der Waals surface area contributed by atoms with Gasteiger partial charge in [0.05, 0.1) is 12.5 Å². The Morgan fingerprint density at radius 3 is 2.85 bits per heavy atom. The van der Waals surface area contributed by atoms with Gasteiger partial charge in [-0.2, -0.15) is 0 Å². The maximum atomic E-state index is 13.0. The van der Waals surface area contributed by atoms with Crippen LogP contribution >= 0.6 is 0 Å². The summed E-state index contributed by atoms with van der Waals surface area (Å²) in [6.45, 7) is 2.04. The monoisotopic (exact) mass is 369 g/mol. The first-order valence-corrected chi connectivity index (χ1v) is 9.28. The Balaban J connectivity index is 1.52. The molecule has 3 aliphatic heterocycles. The van der Waals surface area contributed by atoms with E-state index in [4.69, 9.17) is 9.26 Å². The minimum atomic E-state index is -0.181. The third-order valence-corrected chi connectivity index (χ3v) is 5.40. The first-order valence-electron chi connectivity index (χ1n) is 9.28. The van der Waals surface area contributed by atoms with Gasteiger partial charge in [0.2, 0.25) is 5.91 Å². The van der Waals surface area contributed by atoms with Crippen molar-refractivity contribution in [1.82, 2.24) is 15.0 Å². The van der Waals surface area contributed by atoms with Gasteiger partial charge in [0, 0.05) is 44.4 Å². The van der Waals surface area contributed by atoms with Crippen molar-refractivity contribution in [1.29, 1.82) is 0 Å². The fourth-order valence-corrected chi connectivity index (χ4v) is 3.97. The molecule has 0 aliphatic carbocycles. The van der Waals surface area contributed by atoms with E-state index in [-0.39, 0.29) is 29.5 Å². The van der Waals surface area contributed by atoms with Crippen molar-refractivity contribution in [3.05, 3.63) is 42.1 Å². The van der Waals surface area contributed by atoms with Crippen molar-refractivity contribution < 1.29 is 18.8 Å². The largest absolute Gasteiger partial charge is 0.383 e. The van der Waals surface area contributed by atoms with Gasteiger partial charge in [-0.1, -0.05) is 35.5 Å². The highest BCUT2D eigenvalue weighted by Gasteiger charge is 2.42. The van der Waals surface area contributed by atoms with Crippen LogP contribution in [0, 0.1) is 5.92 Å². The molecule has 2 amide bonds. The molecule has 1 aromatic carbocycles. The standard InChI is InChI=1S/C20H23N3O4/c1-26-10-9-23-16-8-7-15(19(23)24)12-22(13-16)20(25)17-11-18(27-21-17)14-5-3-2-4-6-14/h2-6,11,15-16H,7-10,12-13H2,1H3/t15-,16+/m1/s1. The Hall–Kier alpha value is -2.67. The molecule has 4 heterocycles. The van der Waals surface area contributed by atoms with Crippen LogP contribution in [0.2, 0.25) is 0 Å². The predicted octanol–water partition coefficient (Wildman–Crippen LogP) is 2.05. The molecule has 3 saturated heterocycles. The van der Waals surface area contributed by atoms with Crippen LogP contribution in [0.1, 0.15) is 23.3 Å². The summed E-state index contributed by atoms with van der Waals surface area (Å²) in [5.41, 5.74) is 1.16. The number of hydrogen-bond acceptors (Lipinski definition) is 5. The molecule has 142 valence electrons. The lowest BCUT2D eigenvalue weighted by atomic mass is 9.94. The highest BCUT2D eigenvalue weighted by Crippen LogP contribution is 2.30. The van der Waals surface area contributed by atoms with Gasteiger partial charge < -0.3 is 19.1 Å². The van der Waals surface area contributed by atoms with E-state index in [0.717, 1.165) is 18.4 Å². The van der Waals surface area contributed by atoms with E-state index in [2.05, 4.69) is 5.16 Å². The van der Waals surface area contributed by atoms with E-state index in [9.17, 15) is 9.59 Å². The van der Waals surface area contributed by atoms with Crippen LogP contribution in [0.15, 0.2) is 40.9 Å². The SMILES string of the molecule is COCCN1C(=O)[C@@H]2CC[C@H]1CN(C(=O)c1cc(-c3ccccc3)on1)C2. The summed E-state index contributed by atoms with van der Waals surface area (Å²) in [4.78, 5) is 29.3. The van der Waals surface area contributed by atoms with E-state index >= 15 is 0 Å². The number of nitrogens with zero attached hydrogens (tertiary/aromatic N) is 3. The fraction of sp³-hybridized carbons (Fsp3) is 0.450. The number of hydrogen-bond donors (Lipinski definition) is 0. The second-order valence-corrected chi connectivity index (χ2v) is 7.11. The lowest BCUT2D eigenvalue weighted by Gasteiger charge is -2.35. The number of carbonyl (C=O) groups is 2. The second kappa shape index (κ2) is 7.52. The van der Waals surface area contributed by atoms with Gasteiger partial charge in [-0.05, 0) is 12.8 Å². The summed E-state index contributed by atoms with van der Waals surface area (Å²) >= 11 is 0. The van der Waals surface area contributed by atoms with Crippen LogP contribution in [-0.4, -0.2) is 66.2 Å². The number of fused-ring (bicyclic) bond motifs is 4. The Morgan fingerprint density at radius 1 is 1.26 bits per heavy atom. The summed E-state index contributed by atoms with van der Waals surface area (Å²) in [6, 6.07) is 11.3. The molecule has 7 nitrogen and oxygen atoms in total. The van der Waals surface area contributed by atoms with E-state index in [1.165, 1.54) is 0 Å². The van der Waals surface area contributed by atoms with Crippen LogP contribution in [0.5, 0.6) is 0 Å². The maximum Gasteiger partial charge on any atom is 0.276 e. The van der Waals surface area contributed by atoms with E-state index in [1.54, 1.807) is 18.1 Å². The van der Waals surface area contributed by atoms with Crippen LogP contribution in [0.3, 0.4) is 0 Å². The smallest absolute Gasteiger partial charge is 0.276 e. The lowest BCUT2D eigenvalue weighted by molar-refractivity contribution is -0.140. The van der Waals surface area contributed by atoms with E-state index in [1.807, 2.05) is 35.2 Å². The molecule has 2 bridgehead atoms. The molecule has 2 aromatic rings. The second-order valence-electron chi connectivity index (χ2n) is 7.11. The van der Waals surface area contributed by atoms with Gasteiger partial charge in [0.25, 0.3) is 5.91 Å². The maximum absolute atomic E-state index is 13.0. The quantitative estimate of drug-likeness (QED) is 0.806. The number of carbonyl (C=O) groups excluding carboxylic acids is 2. The van der Waals surface area contributed by atoms with Crippen molar-refractivity contribution in [2.45, 2.75) is 18.9 Å². The normalized spacial score (nSPS) is 22.2. The van der Waals surface area contributed by atoms with Crippen LogP contribution in [0.25, 0.3) is 11.3 Å². The van der Waals surface area contributed by atoms with Crippen molar-refractivity contribution in [3.63, 3.8) is 0 Å². The average Bonchev–Trinajstić information content (AvgIpc) is 3.04. The third kappa shape index (κ3) is 3.47. The molecule has 3 fully saturated rings. The molecule has 0 N–H and O–H groups in total. The van der Waals surface area contributed by atoms with Crippen LogP contribution in [0.4, 0.5) is 0 Å². The zero-order chi connectivity index (χ0) is 18.8. The Labute approximate surface area is 157 Å². The molecule has 0 spiro atoms. The number of benzene rings is 1. The predicted molar refractivity (Wildman–Crippen MR) is 97.9 cm³/mol. The van der Waals surface area contributed by atoms with Gasteiger partial charge >= 0.3 is 0 Å². The molecule has 5 rings (SSSR count). The summed E-state index contributed by atoms with van der Waals surface area (Å²) < 4.78 is 10.5. The zero-order valence-electron chi connectivity index (χ0n) is 15.3. The molecule has 7 heteroatoms. The fourth-order valence-electron chi connectivity index (χ4n) is 3.97. The first-order chi connectivity index (χ1) is 13.2. The summed E-state index contributed by atoms with van der Waals surface area (Å²) in [5, 5.41) is 3.97. The summed E-state index contributed by atoms with van der Waals surface area (Å²) in [7, 11) is 1.63. The molecular formula is C20H23N3O4. The molecular weight excluding hydrogens is 346 g/mol. The minimum Gasteiger partial charge on any atom is -0.383 e. The van der Waals surface area contributed by atoms with Gasteiger partial charge in [-0.25, -0.2) is 0 Å². The molecule has 0 saturated carbocycles. The molecule has 3 aliphatic rings. The summed E-state index contributed by atoms with van der Waals surface area (Å²) in [6.07, 6.45) is 1.74.